The minimum absolute atomic E-state index is 0.269. The van der Waals surface area contributed by atoms with Crippen LogP contribution in [0.4, 0.5) is 0 Å². The Morgan fingerprint density at radius 2 is 1.68 bits per heavy atom. The van der Waals surface area contributed by atoms with Gasteiger partial charge in [-0.3, -0.25) is 4.90 Å². The topological polar surface area (TPSA) is 75.9 Å². The first kappa shape index (κ1) is 24.0. The lowest BCUT2D eigenvalue weighted by molar-refractivity contribution is 0.264. The van der Waals surface area contributed by atoms with Crippen molar-refractivity contribution in [2.24, 2.45) is 11.8 Å². The number of rotatable bonds is 6. The standard InChI is InChI=1S/C33H35N7/c1-19(16-34-2)40-29-13-25(29)15-31(40)33-35-17-26(37-33)9-5-20-4-6-22-11-23(8-7-21(22)10-20)27-18-36-32(38-27)30-14-24-12-28(24)39(30)3/h4,6-8,10-11,17-18,24-25,28-31,34H,1,12-16H2,2-3H3,(H,35,37)(H,36,38)/t24-,25-,28-,29-,30+,31+/m1/s1. The molecule has 4 aromatic rings. The SMILES string of the molecule is C=C(CNC)N1[C@@H]2C[C@@H]2C[C@H]1c1ncc(C#Cc2ccc3cc(-c4cnc([C@@H]5C[C@H]6C[C@H]6N5C)[nH]4)ccc3c2)[nH]1. The van der Waals surface area contributed by atoms with Crippen LogP contribution in [-0.4, -0.2) is 62.5 Å². The number of hydrogen-bond donors (Lipinski definition) is 3. The van der Waals surface area contributed by atoms with Crippen LogP contribution in [0.2, 0.25) is 0 Å². The molecule has 6 atom stereocenters. The number of nitrogens with zero attached hydrogens (tertiary/aromatic N) is 4. The molecule has 4 fully saturated rings. The van der Waals surface area contributed by atoms with Gasteiger partial charge in [-0.25, -0.2) is 9.97 Å². The molecule has 8 rings (SSSR count). The van der Waals surface area contributed by atoms with Crippen LogP contribution in [0, 0.1) is 23.7 Å². The summed E-state index contributed by atoms with van der Waals surface area (Å²) >= 11 is 0. The maximum absolute atomic E-state index is 4.75. The van der Waals surface area contributed by atoms with Crippen molar-refractivity contribution in [2.45, 2.75) is 49.9 Å². The van der Waals surface area contributed by atoms with Crippen LogP contribution in [0.1, 0.15) is 60.7 Å². The first-order valence-electron chi connectivity index (χ1n) is 14.5. The van der Waals surface area contributed by atoms with Gasteiger partial charge in [0.15, 0.2) is 0 Å². The normalized spacial score (nSPS) is 28.3. The molecule has 2 aliphatic carbocycles. The Labute approximate surface area is 235 Å². The molecule has 2 saturated carbocycles. The van der Waals surface area contributed by atoms with Gasteiger partial charge >= 0.3 is 0 Å². The zero-order valence-electron chi connectivity index (χ0n) is 23.1. The summed E-state index contributed by atoms with van der Waals surface area (Å²) in [7, 11) is 4.21. The van der Waals surface area contributed by atoms with Crippen molar-refractivity contribution in [3.05, 3.63) is 84.0 Å². The van der Waals surface area contributed by atoms with Gasteiger partial charge in [0.25, 0.3) is 0 Å². The van der Waals surface area contributed by atoms with E-state index in [1.807, 2.05) is 19.4 Å². The Hall–Kier alpha value is -3.86. The van der Waals surface area contributed by atoms with Crippen LogP contribution in [-0.2, 0) is 0 Å². The van der Waals surface area contributed by atoms with Crippen LogP contribution in [0.25, 0.3) is 22.0 Å². The summed E-state index contributed by atoms with van der Waals surface area (Å²) in [6.45, 7) is 5.12. The van der Waals surface area contributed by atoms with Gasteiger partial charge in [-0.1, -0.05) is 30.7 Å². The van der Waals surface area contributed by atoms with Crippen molar-refractivity contribution in [2.75, 3.05) is 20.6 Å². The van der Waals surface area contributed by atoms with Crippen molar-refractivity contribution in [3.8, 4) is 23.1 Å². The van der Waals surface area contributed by atoms with Gasteiger partial charge in [0.05, 0.1) is 30.2 Å². The van der Waals surface area contributed by atoms with E-state index in [-0.39, 0.29) is 6.04 Å². The molecule has 7 heteroatoms. The van der Waals surface area contributed by atoms with Crippen LogP contribution >= 0.6 is 0 Å². The fourth-order valence-electron chi connectivity index (χ4n) is 7.28. The molecule has 0 spiro atoms. The zero-order valence-corrected chi connectivity index (χ0v) is 23.1. The molecule has 3 N–H and O–H groups in total. The largest absolute Gasteiger partial charge is 0.361 e. The summed E-state index contributed by atoms with van der Waals surface area (Å²) in [5.74, 6) is 10.4. The number of aromatic nitrogens is 4. The lowest BCUT2D eigenvalue weighted by Crippen LogP contribution is -2.31. The third kappa shape index (κ3) is 4.06. The summed E-state index contributed by atoms with van der Waals surface area (Å²) in [4.78, 5) is 21.5. The van der Waals surface area contributed by atoms with Gasteiger partial charge in [-0.2, -0.15) is 0 Å². The molecule has 0 unspecified atom stereocenters. The second kappa shape index (κ2) is 9.09. The molecular weight excluding hydrogens is 494 g/mol. The van der Waals surface area contributed by atoms with E-state index in [1.165, 1.54) is 30.0 Å². The van der Waals surface area contributed by atoms with Crippen molar-refractivity contribution in [1.29, 1.82) is 0 Å². The fourth-order valence-corrected chi connectivity index (χ4v) is 7.28. The Kier molecular flexibility index (Phi) is 5.45. The van der Waals surface area contributed by atoms with Crippen LogP contribution in [0.15, 0.2) is 61.1 Å². The van der Waals surface area contributed by atoms with E-state index in [0.29, 0.717) is 12.1 Å². The minimum atomic E-state index is 0.269. The molecule has 2 aliphatic heterocycles. The van der Waals surface area contributed by atoms with E-state index < -0.39 is 0 Å². The summed E-state index contributed by atoms with van der Waals surface area (Å²) in [5, 5.41) is 5.62. The molecule has 0 amide bonds. The first-order chi connectivity index (χ1) is 19.6. The Bertz CT molecular complexity index is 1690. The highest BCUT2D eigenvalue weighted by Gasteiger charge is 2.53. The summed E-state index contributed by atoms with van der Waals surface area (Å²) in [6.07, 6.45) is 8.84. The number of nitrogens with one attached hydrogen (secondary N) is 3. The second-order valence-electron chi connectivity index (χ2n) is 12.2. The highest BCUT2D eigenvalue weighted by molar-refractivity contribution is 5.88. The van der Waals surface area contributed by atoms with Crippen molar-refractivity contribution in [1.82, 2.24) is 35.1 Å². The number of likely N-dealkylation sites (N-methyl/N-ethyl adjacent to an activating group) is 1. The van der Waals surface area contributed by atoms with E-state index >= 15 is 0 Å². The molecular formula is C33H35N7. The third-order valence-corrected chi connectivity index (χ3v) is 9.59. The molecule has 40 heavy (non-hydrogen) atoms. The highest BCUT2D eigenvalue weighted by atomic mass is 15.3. The molecule has 0 bridgehead atoms. The van der Waals surface area contributed by atoms with Gasteiger partial charge < -0.3 is 20.2 Å². The molecule has 202 valence electrons. The average Bonchev–Trinajstić information content (AvgIpc) is 3.61. The number of fused-ring (bicyclic) bond motifs is 3. The number of piperidine rings is 2. The molecule has 4 heterocycles. The maximum Gasteiger partial charge on any atom is 0.129 e. The van der Waals surface area contributed by atoms with Gasteiger partial charge in [0.2, 0.25) is 0 Å². The van der Waals surface area contributed by atoms with E-state index in [4.69, 9.17) is 9.97 Å². The van der Waals surface area contributed by atoms with E-state index in [2.05, 4.69) is 87.0 Å². The van der Waals surface area contributed by atoms with E-state index in [1.54, 1.807) is 0 Å². The molecule has 2 aromatic carbocycles. The average molecular weight is 530 g/mol. The Balaban J connectivity index is 0.982. The number of likely N-dealkylation sites (tertiary alicyclic amines) is 2. The molecule has 4 aliphatic rings. The lowest BCUT2D eigenvalue weighted by Gasteiger charge is -2.30. The van der Waals surface area contributed by atoms with Gasteiger partial charge in [0.1, 0.15) is 17.3 Å². The molecule has 7 nitrogen and oxygen atoms in total. The zero-order chi connectivity index (χ0) is 27.0. The summed E-state index contributed by atoms with van der Waals surface area (Å²) < 4.78 is 0. The first-order valence-corrected chi connectivity index (χ1v) is 14.5. The van der Waals surface area contributed by atoms with Crippen molar-refractivity contribution < 1.29 is 0 Å². The summed E-state index contributed by atoms with van der Waals surface area (Å²) in [6, 6.07) is 15.1. The molecule has 2 saturated heterocycles. The van der Waals surface area contributed by atoms with Gasteiger partial charge in [-0.15, -0.1) is 0 Å². The second-order valence-corrected chi connectivity index (χ2v) is 12.2. The van der Waals surface area contributed by atoms with Crippen LogP contribution in [0.3, 0.4) is 0 Å². The maximum atomic E-state index is 4.75. The number of benzene rings is 2. The number of hydrogen-bond acceptors (Lipinski definition) is 5. The van der Waals surface area contributed by atoms with Crippen LogP contribution in [0.5, 0.6) is 0 Å². The van der Waals surface area contributed by atoms with Crippen LogP contribution < -0.4 is 5.32 Å². The third-order valence-electron chi connectivity index (χ3n) is 9.59. The van der Waals surface area contributed by atoms with Gasteiger partial charge in [-0.05, 0) is 86.5 Å². The molecule has 2 aromatic heterocycles. The van der Waals surface area contributed by atoms with Crippen molar-refractivity contribution in [3.63, 3.8) is 0 Å². The predicted molar refractivity (Wildman–Crippen MR) is 157 cm³/mol. The quantitative estimate of drug-likeness (QED) is 0.307. The van der Waals surface area contributed by atoms with Crippen molar-refractivity contribution >= 4 is 10.8 Å². The molecule has 0 radical (unpaired) electrons. The number of H-pyrrole nitrogens is 2. The number of imidazole rings is 2. The Morgan fingerprint density at radius 1 is 0.925 bits per heavy atom. The van der Waals surface area contributed by atoms with Gasteiger partial charge in [0, 0.05) is 35.5 Å². The monoisotopic (exact) mass is 529 g/mol. The predicted octanol–water partition coefficient (Wildman–Crippen LogP) is 4.99. The minimum Gasteiger partial charge on any atom is -0.361 e. The number of aromatic amines is 2. The lowest BCUT2D eigenvalue weighted by atomic mass is 10.0. The van der Waals surface area contributed by atoms with E-state index in [9.17, 15) is 0 Å². The Morgan fingerprint density at radius 3 is 2.52 bits per heavy atom. The smallest absolute Gasteiger partial charge is 0.129 e. The fraction of sp³-hybridized carbons (Fsp3) is 0.394. The van der Waals surface area contributed by atoms with E-state index in [0.717, 1.165) is 70.7 Å². The highest BCUT2D eigenvalue weighted by Crippen LogP contribution is 2.54. The summed E-state index contributed by atoms with van der Waals surface area (Å²) in [5.41, 5.74) is 5.24.